The number of ether oxygens (including phenoxy) is 1. The molecular weight excluding hydrogens is 419 g/mol. The van der Waals surface area contributed by atoms with Crippen molar-refractivity contribution in [1.82, 2.24) is 14.8 Å². The standard InChI is InChI=1S/C23H20ClFN4O2/c1-31-20(30)11-9-18-23-28-27-22(13-6-7-13)29(23)19-10-8-14(24)12-16(19)21(26-18)15-4-2-3-5-17(15)25/h2-5,8,10,12-13,18H,6-7,9,11H2,1H3/t18-/m0/s1. The minimum Gasteiger partial charge on any atom is -0.469 e. The number of aromatic nitrogens is 3. The average Bonchev–Trinajstić information content (AvgIpc) is 3.55. The molecule has 31 heavy (non-hydrogen) atoms. The van der Waals surface area contributed by atoms with E-state index in [4.69, 9.17) is 21.3 Å². The molecule has 1 aliphatic carbocycles. The SMILES string of the molecule is COC(=O)CC[C@@H]1N=C(c2ccccc2F)c2cc(Cl)ccc2-n2c(C3CC3)nnc21. The van der Waals surface area contributed by atoms with Crippen LogP contribution in [0.2, 0.25) is 5.02 Å². The van der Waals surface area contributed by atoms with Gasteiger partial charge in [-0.25, -0.2) is 4.39 Å². The molecule has 0 bridgehead atoms. The van der Waals surface area contributed by atoms with Gasteiger partial charge in [0.05, 0.1) is 18.5 Å². The van der Waals surface area contributed by atoms with E-state index in [0.717, 1.165) is 24.4 Å². The summed E-state index contributed by atoms with van der Waals surface area (Å²) in [5.41, 5.74) is 2.38. The van der Waals surface area contributed by atoms with Crippen LogP contribution in [0.15, 0.2) is 47.5 Å². The number of hydrogen-bond acceptors (Lipinski definition) is 5. The molecule has 2 heterocycles. The minimum absolute atomic E-state index is 0.165. The first-order valence-electron chi connectivity index (χ1n) is 10.2. The summed E-state index contributed by atoms with van der Waals surface area (Å²) in [5, 5.41) is 9.44. The van der Waals surface area contributed by atoms with Crippen molar-refractivity contribution in [1.29, 1.82) is 0 Å². The Labute approximate surface area is 183 Å². The van der Waals surface area contributed by atoms with Gasteiger partial charge in [0.25, 0.3) is 0 Å². The second-order valence-corrected chi connectivity index (χ2v) is 8.21. The van der Waals surface area contributed by atoms with Gasteiger partial charge in [0.1, 0.15) is 17.7 Å². The van der Waals surface area contributed by atoms with Gasteiger partial charge in [0, 0.05) is 28.5 Å². The molecule has 8 heteroatoms. The molecule has 1 aromatic heterocycles. The number of esters is 1. The number of rotatable bonds is 5. The normalized spacial score (nSPS) is 17.4. The fourth-order valence-corrected chi connectivity index (χ4v) is 4.14. The average molecular weight is 439 g/mol. The highest BCUT2D eigenvalue weighted by molar-refractivity contribution is 6.31. The van der Waals surface area contributed by atoms with Gasteiger partial charge in [0.15, 0.2) is 5.82 Å². The Kier molecular flexibility index (Phi) is 5.06. The summed E-state index contributed by atoms with van der Waals surface area (Å²) < 4.78 is 21.7. The third-order valence-corrected chi connectivity index (χ3v) is 5.91. The second kappa shape index (κ2) is 7.89. The summed E-state index contributed by atoms with van der Waals surface area (Å²) in [5.74, 6) is 1.13. The van der Waals surface area contributed by atoms with Crippen molar-refractivity contribution in [2.24, 2.45) is 4.99 Å². The Bertz CT molecular complexity index is 1200. The maximum absolute atomic E-state index is 14.8. The predicted molar refractivity (Wildman–Crippen MR) is 114 cm³/mol. The van der Waals surface area contributed by atoms with Crippen molar-refractivity contribution in [3.8, 4) is 5.69 Å². The second-order valence-electron chi connectivity index (χ2n) is 7.78. The molecule has 1 fully saturated rings. The topological polar surface area (TPSA) is 69.4 Å². The highest BCUT2D eigenvalue weighted by Gasteiger charge is 2.35. The zero-order valence-corrected chi connectivity index (χ0v) is 17.6. The summed E-state index contributed by atoms with van der Waals surface area (Å²) in [6.07, 6.45) is 2.64. The van der Waals surface area contributed by atoms with E-state index in [-0.39, 0.29) is 18.2 Å². The summed E-state index contributed by atoms with van der Waals surface area (Å²) in [4.78, 5) is 16.8. The van der Waals surface area contributed by atoms with Crippen LogP contribution in [0.25, 0.3) is 5.69 Å². The van der Waals surface area contributed by atoms with Crippen molar-refractivity contribution in [3.05, 3.63) is 76.1 Å². The van der Waals surface area contributed by atoms with Crippen molar-refractivity contribution in [2.45, 2.75) is 37.6 Å². The van der Waals surface area contributed by atoms with Crippen molar-refractivity contribution in [2.75, 3.05) is 7.11 Å². The molecule has 2 aromatic carbocycles. The minimum atomic E-state index is -0.486. The molecule has 2 aliphatic rings. The Morgan fingerprint density at radius 1 is 1.16 bits per heavy atom. The summed E-state index contributed by atoms with van der Waals surface area (Å²) in [7, 11) is 1.36. The van der Waals surface area contributed by atoms with Crippen LogP contribution >= 0.6 is 11.6 Å². The number of methoxy groups -OCH3 is 1. The van der Waals surface area contributed by atoms with Gasteiger partial charge in [-0.1, -0.05) is 23.7 Å². The Hall–Kier alpha value is -3.06. The quantitative estimate of drug-likeness (QED) is 0.537. The van der Waals surface area contributed by atoms with Crippen LogP contribution in [0.4, 0.5) is 4.39 Å². The number of carbonyl (C=O) groups is 1. The lowest BCUT2D eigenvalue weighted by atomic mass is 9.99. The van der Waals surface area contributed by atoms with Gasteiger partial charge in [-0.2, -0.15) is 0 Å². The highest BCUT2D eigenvalue weighted by Crippen LogP contribution is 2.43. The molecule has 0 spiro atoms. The lowest BCUT2D eigenvalue weighted by Gasteiger charge is -2.14. The van der Waals surface area contributed by atoms with Gasteiger partial charge < -0.3 is 4.74 Å². The zero-order chi connectivity index (χ0) is 21.5. The molecule has 1 saturated carbocycles. The number of fused-ring (bicyclic) bond motifs is 3. The van der Waals surface area contributed by atoms with Crippen LogP contribution in [0, 0.1) is 5.82 Å². The third-order valence-electron chi connectivity index (χ3n) is 5.67. The van der Waals surface area contributed by atoms with Crippen LogP contribution in [-0.2, 0) is 9.53 Å². The van der Waals surface area contributed by atoms with Crippen LogP contribution in [0.1, 0.15) is 60.4 Å². The number of aliphatic imine (C=N–C) groups is 1. The zero-order valence-electron chi connectivity index (χ0n) is 16.9. The predicted octanol–water partition coefficient (Wildman–Crippen LogP) is 4.78. The first kappa shape index (κ1) is 19.9. The van der Waals surface area contributed by atoms with Crippen molar-refractivity contribution in [3.63, 3.8) is 0 Å². The lowest BCUT2D eigenvalue weighted by molar-refractivity contribution is -0.140. The molecule has 6 nitrogen and oxygen atoms in total. The number of benzene rings is 2. The fraction of sp³-hybridized carbons (Fsp3) is 0.304. The monoisotopic (exact) mass is 438 g/mol. The molecule has 5 rings (SSSR count). The van der Waals surface area contributed by atoms with Crippen LogP contribution < -0.4 is 0 Å². The van der Waals surface area contributed by atoms with Crippen molar-refractivity contribution >= 4 is 23.3 Å². The van der Waals surface area contributed by atoms with E-state index < -0.39 is 6.04 Å². The molecule has 0 unspecified atom stereocenters. The van der Waals surface area contributed by atoms with Crippen molar-refractivity contribution < 1.29 is 13.9 Å². The van der Waals surface area contributed by atoms with E-state index >= 15 is 0 Å². The van der Waals surface area contributed by atoms with E-state index in [1.54, 1.807) is 30.3 Å². The number of halogens is 2. The summed E-state index contributed by atoms with van der Waals surface area (Å²) in [6.45, 7) is 0. The number of hydrogen-bond donors (Lipinski definition) is 0. The molecule has 0 N–H and O–H groups in total. The van der Waals surface area contributed by atoms with Gasteiger partial charge in [-0.15, -0.1) is 10.2 Å². The molecule has 0 amide bonds. The largest absolute Gasteiger partial charge is 0.469 e. The van der Waals surface area contributed by atoms with E-state index in [1.165, 1.54) is 13.2 Å². The first-order chi connectivity index (χ1) is 15.1. The lowest BCUT2D eigenvalue weighted by Crippen LogP contribution is -2.10. The maximum Gasteiger partial charge on any atom is 0.305 e. The molecule has 158 valence electrons. The van der Waals surface area contributed by atoms with Crippen LogP contribution in [0.5, 0.6) is 0 Å². The molecule has 1 atom stereocenters. The van der Waals surface area contributed by atoms with Gasteiger partial charge >= 0.3 is 5.97 Å². The summed E-state index contributed by atoms with van der Waals surface area (Å²) in [6, 6.07) is 11.5. The Morgan fingerprint density at radius 3 is 2.68 bits per heavy atom. The highest BCUT2D eigenvalue weighted by atomic mass is 35.5. The molecule has 0 radical (unpaired) electrons. The molecule has 1 aliphatic heterocycles. The van der Waals surface area contributed by atoms with E-state index in [9.17, 15) is 9.18 Å². The van der Waals surface area contributed by atoms with Crippen LogP contribution in [-0.4, -0.2) is 33.6 Å². The first-order valence-corrected chi connectivity index (χ1v) is 10.6. The van der Waals surface area contributed by atoms with Gasteiger partial charge in [-0.05, 0) is 49.6 Å². The van der Waals surface area contributed by atoms with E-state index in [0.29, 0.717) is 40.0 Å². The summed E-state index contributed by atoms with van der Waals surface area (Å²) >= 11 is 6.35. The smallest absolute Gasteiger partial charge is 0.305 e. The number of nitrogens with zero attached hydrogens (tertiary/aromatic N) is 4. The van der Waals surface area contributed by atoms with E-state index in [2.05, 4.69) is 10.2 Å². The molecular formula is C23H20ClFN4O2. The Balaban J connectivity index is 1.74. The van der Waals surface area contributed by atoms with Gasteiger partial charge in [0.2, 0.25) is 0 Å². The van der Waals surface area contributed by atoms with Crippen LogP contribution in [0.3, 0.4) is 0 Å². The molecule has 3 aromatic rings. The maximum atomic E-state index is 14.8. The third kappa shape index (κ3) is 3.63. The fourth-order valence-electron chi connectivity index (χ4n) is 3.97. The molecule has 0 saturated heterocycles. The Morgan fingerprint density at radius 2 is 1.94 bits per heavy atom. The van der Waals surface area contributed by atoms with Gasteiger partial charge in [-0.3, -0.25) is 14.4 Å². The number of carbonyl (C=O) groups excluding carboxylic acids is 1. The van der Waals surface area contributed by atoms with E-state index in [1.807, 2.05) is 10.6 Å².